The molecule has 0 amide bonds. The van der Waals surface area contributed by atoms with Crippen molar-refractivity contribution in [1.29, 1.82) is 0 Å². The van der Waals surface area contributed by atoms with Crippen molar-refractivity contribution in [2.24, 2.45) is 0 Å². The Kier molecular flexibility index (Phi) is 4.51. The van der Waals surface area contributed by atoms with Crippen LogP contribution in [0.5, 0.6) is 0 Å². The fourth-order valence-corrected chi connectivity index (χ4v) is 5.29. The predicted octanol–water partition coefficient (Wildman–Crippen LogP) is 4.68. The van der Waals surface area contributed by atoms with E-state index < -0.39 is 0 Å². The summed E-state index contributed by atoms with van der Waals surface area (Å²) in [7, 11) is 0. The van der Waals surface area contributed by atoms with Crippen LogP contribution in [0.3, 0.4) is 0 Å². The molecular weight excluding hydrogens is 357 g/mol. The molecule has 0 aliphatic heterocycles. The number of hydrogen-bond acceptors (Lipinski definition) is 0. The summed E-state index contributed by atoms with van der Waals surface area (Å²) in [5.41, 5.74) is 2.70. The molecule has 1 aromatic heterocycles. The van der Waals surface area contributed by atoms with E-state index in [0.29, 0.717) is 21.0 Å². The summed E-state index contributed by atoms with van der Waals surface area (Å²) in [4.78, 5) is 0. The summed E-state index contributed by atoms with van der Waals surface area (Å²) < 4.78 is 3.90. The molecule has 0 aliphatic carbocycles. The van der Waals surface area contributed by atoms with Gasteiger partial charge in [0.05, 0.1) is 0 Å². The van der Waals surface area contributed by atoms with E-state index >= 15 is 0 Å². The van der Waals surface area contributed by atoms with E-state index in [-0.39, 0.29) is 0 Å². The van der Waals surface area contributed by atoms with Gasteiger partial charge in [0.2, 0.25) is 0 Å². The van der Waals surface area contributed by atoms with Crippen molar-refractivity contribution >= 4 is 30.3 Å². The third-order valence-electron chi connectivity index (χ3n) is 4.30. The van der Waals surface area contributed by atoms with E-state index in [1.165, 1.54) is 20.9 Å². The summed E-state index contributed by atoms with van der Waals surface area (Å²) in [6.45, 7) is 0. The van der Waals surface area contributed by atoms with Crippen LogP contribution >= 0.6 is 0 Å². The first-order valence-electron chi connectivity index (χ1n) is 8.20. The number of rotatable bonds is 5. The summed E-state index contributed by atoms with van der Waals surface area (Å²) in [6.07, 6.45) is 2.24. The zero-order chi connectivity index (χ0) is 16.2. The summed E-state index contributed by atoms with van der Waals surface area (Å²) >= 11 is 0.452. The van der Waals surface area contributed by atoms with Gasteiger partial charge in [0, 0.05) is 0 Å². The van der Waals surface area contributed by atoms with Crippen LogP contribution in [0.2, 0.25) is 5.32 Å². The van der Waals surface area contributed by atoms with Crippen LogP contribution in [-0.4, -0.2) is 19.5 Å². The minimum atomic E-state index is 0.381. The number of para-hydroxylation sites is 1. The Morgan fingerprint density at radius 2 is 1.38 bits per heavy atom. The molecule has 1 unspecified atom stereocenters. The molecule has 0 N–H and O–H groups in total. The summed E-state index contributed by atoms with van der Waals surface area (Å²) in [5.74, 6) is 0. The Labute approximate surface area is 149 Å². The maximum atomic E-state index is 2.44. The Bertz CT molecular complexity index is 912. The second-order valence-corrected chi connectivity index (χ2v) is 8.13. The van der Waals surface area contributed by atoms with E-state index in [4.69, 9.17) is 0 Å². The second kappa shape index (κ2) is 7.09. The Balaban J connectivity index is 1.71. The summed E-state index contributed by atoms with van der Waals surface area (Å²) in [6, 6.07) is 33.0. The normalized spacial score (nSPS) is 12.3. The molecule has 0 fully saturated rings. The Hall–Kier alpha value is -2.28. The predicted molar refractivity (Wildman–Crippen MR) is 103 cm³/mol. The van der Waals surface area contributed by atoms with Crippen LogP contribution in [-0.2, 0) is 0 Å². The van der Waals surface area contributed by atoms with Gasteiger partial charge in [-0.2, -0.15) is 0 Å². The molecule has 1 heterocycles. The van der Waals surface area contributed by atoms with Crippen LogP contribution in [0.1, 0.15) is 11.6 Å². The molecule has 4 aromatic rings. The van der Waals surface area contributed by atoms with Gasteiger partial charge in [-0.25, -0.2) is 0 Å². The van der Waals surface area contributed by atoms with Gasteiger partial charge in [-0.05, 0) is 0 Å². The molecular formula is C22H19NSe. The van der Waals surface area contributed by atoms with Gasteiger partial charge in [0.25, 0.3) is 0 Å². The van der Waals surface area contributed by atoms with Crippen LogP contribution in [0, 0.1) is 0 Å². The molecule has 1 nitrogen and oxygen atoms in total. The molecule has 0 bridgehead atoms. The number of fused-ring (bicyclic) bond motifs is 1. The fraction of sp³-hybridized carbons (Fsp3) is 0.0909. The van der Waals surface area contributed by atoms with Crippen molar-refractivity contribution < 1.29 is 0 Å². The minimum absolute atomic E-state index is 0.381. The summed E-state index contributed by atoms with van der Waals surface area (Å²) in [5, 5.41) is 2.46. The van der Waals surface area contributed by atoms with Crippen molar-refractivity contribution in [3.8, 4) is 0 Å². The van der Waals surface area contributed by atoms with Gasteiger partial charge in [-0.1, -0.05) is 0 Å². The molecule has 0 saturated heterocycles. The monoisotopic (exact) mass is 377 g/mol. The number of benzene rings is 3. The second-order valence-electron chi connectivity index (χ2n) is 5.83. The molecule has 1 atom stereocenters. The molecule has 4 rings (SSSR count). The van der Waals surface area contributed by atoms with E-state index in [1.807, 2.05) is 0 Å². The van der Waals surface area contributed by atoms with Gasteiger partial charge in [-0.15, -0.1) is 0 Å². The molecule has 0 spiro atoms. The van der Waals surface area contributed by atoms with E-state index in [9.17, 15) is 0 Å². The molecule has 118 valence electrons. The number of aromatic nitrogens is 1. The average Bonchev–Trinajstić information content (AvgIpc) is 3.08. The van der Waals surface area contributed by atoms with Gasteiger partial charge >= 0.3 is 149 Å². The molecule has 3 aromatic carbocycles. The SMILES string of the molecule is c1ccc([Se]CC(c2ccccc2)n2ccc3ccccc32)cc1. The van der Waals surface area contributed by atoms with Crippen LogP contribution in [0.25, 0.3) is 10.9 Å². The number of nitrogens with zero attached hydrogens (tertiary/aromatic N) is 1. The van der Waals surface area contributed by atoms with Gasteiger partial charge in [0.1, 0.15) is 0 Å². The molecule has 0 radical (unpaired) electrons. The molecule has 24 heavy (non-hydrogen) atoms. The zero-order valence-electron chi connectivity index (χ0n) is 13.4. The van der Waals surface area contributed by atoms with Crippen molar-refractivity contribution in [2.75, 3.05) is 0 Å². The fourth-order valence-electron chi connectivity index (χ4n) is 3.08. The third kappa shape index (κ3) is 3.17. The average molecular weight is 376 g/mol. The van der Waals surface area contributed by atoms with Gasteiger partial charge < -0.3 is 0 Å². The van der Waals surface area contributed by atoms with E-state index in [0.717, 1.165) is 5.32 Å². The molecule has 0 saturated carbocycles. The first kappa shape index (κ1) is 15.3. The van der Waals surface area contributed by atoms with Crippen molar-refractivity contribution in [3.63, 3.8) is 0 Å². The first-order chi connectivity index (χ1) is 11.9. The quantitative estimate of drug-likeness (QED) is 0.446. The van der Waals surface area contributed by atoms with Crippen LogP contribution in [0.15, 0.2) is 97.2 Å². The third-order valence-corrected chi connectivity index (χ3v) is 6.58. The van der Waals surface area contributed by atoms with Gasteiger partial charge in [0.15, 0.2) is 0 Å². The zero-order valence-corrected chi connectivity index (χ0v) is 15.1. The topological polar surface area (TPSA) is 4.93 Å². The Morgan fingerprint density at radius 3 is 2.17 bits per heavy atom. The van der Waals surface area contributed by atoms with Crippen molar-refractivity contribution in [1.82, 2.24) is 4.57 Å². The Morgan fingerprint density at radius 1 is 0.708 bits per heavy atom. The first-order valence-corrected chi connectivity index (χ1v) is 10.3. The maximum absolute atomic E-state index is 2.44. The molecule has 2 heteroatoms. The van der Waals surface area contributed by atoms with Gasteiger partial charge in [-0.3, -0.25) is 0 Å². The van der Waals surface area contributed by atoms with E-state index in [1.54, 1.807) is 0 Å². The standard InChI is InChI=1S/C22H19NSe/c1-3-9-18(10-4-1)22(17-24-20-12-5-2-6-13-20)23-16-15-19-11-7-8-14-21(19)23/h1-16,22H,17H2. The van der Waals surface area contributed by atoms with E-state index in [2.05, 4.69) is 102 Å². The molecule has 0 aliphatic rings. The van der Waals surface area contributed by atoms with Crippen LogP contribution in [0.4, 0.5) is 0 Å². The van der Waals surface area contributed by atoms with Crippen LogP contribution < -0.4 is 4.46 Å². The number of hydrogen-bond donors (Lipinski definition) is 0. The van der Waals surface area contributed by atoms with Crippen molar-refractivity contribution in [2.45, 2.75) is 11.4 Å². The van der Waals surface area contributed by atoms with Crippen molar-refractivity contribution in [3.05, 3.63) is 103 Å².